The second-order valence-electron chi connectivity index (χ2n) is 8.03. The molecule has 2 aromatic carbocycles. The molecular formula is C23H28N4O3. The first-order chi connectivity index (χ1) is 14.6. The number of carbonyl (C=O) groups is 2. The van der Waals surface area contributed by atoms with Crippen molar-refractivity contribution in [3.05, 3.63) is 65.7 Å². The average molecular weight is 409 g/mol. The molecule has 2 aliphatic heterocycles. The summed E-state index contributed by atoms with van der Waals surface area (Å²) in [6.45, 7) is 1.48. The maximum atomic E-state index is 12.8. The van der Waals surface area contributed by atoms with E-state index in [4.69, 9.17) is 0 Å². The Bertz CT molecular complexity index is 881. The van der Waals surface area contributed by atoms with E-state index in [2.05, 4.69) is 16.2 Å². The molecule has 158 valence electrons. The number of nitrogens with one attached hydrogen (secondary N) is 3. The first-order valence-corrected chi connectivity index (χ1v) is 10.5. The van der Waals surface area contributed by atoms with Gasteiger partial charge in [0, 0.05) is 37.0 Å². The van der Waals surface area contributed by atoms with Gasteiger partial charge < -0.3 is 15.3 Å². The molecule has 2 aromatic rings. The predicted molar refractivity (Wildman–Crippen MR) is 115 cm³/mol. The molecule has 2 saturated heterocycles. The topological polar surface area (TPSA) is 93.7 Å². The Morgan fingerprint density at radius 1 is 1.03 bits per heavy atom. The number of amides is 2. The maximum absolute atomic E-state index is 12.8. The fourth-order valence-electron chi connectivity index (χ4n) is 4.09. The Kier molecular flexibility index (Phi) is 6.42. The van der Waals surface area contributed by atoms with Crippen LogP contribution in [0.4, 0.5) is 5.69 Å². The molecule has 0 bridgehead atoms. The Hall–Kier alpha value is -2.74. The third kappa shape index (κ3) is 4.70. The van der Waals surface area contributed by atoms with Crippen LogP contribution in [-0.4, -0.2) is 47.6 Å². The van der Waals surface area contributed by atoms with Crippen LogP contribution < -0.4 is 16.2 Å². The lowest BCUT2D eigenvalue weighted by atomic mass is 9.97. The van der Waals surface area contributed by atoms with Gasteiger partial charge in [0.2, 0.25) is 5.91 Å². The van der Waals surface area contributed by atoms with Crippen LogP contribution in [0.25, 0.3) is 0 Å². The van der Waals surface area contributed by atoms with Gasteiger partial charge in [-0.05, 0) is 48.9 Å². The van der Waals surface area contributed by atoms with Crippen LogP contribution in [0, 0.1) is 5.92 Å². The van der Waals surface area contributed by atoms with Crippen LogP contribution in [0.15, 0.2) is 54.6 Å². The van der Waals surface area contributed by atoms with Crippen LogP contribution in [0.1, 0.15) is 41.2 Å². The van der Waals surface area contributed by atoms with Gasteiger partial charge in [-0.25, -0.2) is 10.9 Å². The number of likely N-dealkylation sites (tertiary alicyclic amines) is 1. The summed E-state index contributed by atoms with van der Waals surface area (Å²) in [7, 11) is 0. The second kappa shape index (κ2) is 9.38. The van der Waals surface area contributed by atoms with E-state index in [1.807, 2.05) is 35.2 Å². The van der Waals surface area contributed by atoms with Crippen LogP contribution in [0.3, 0.4) is 0 Å². The zero-order valence-corrected chi connectivity index (χ0v) is 16.9. The van der Waals surface area contributed by atoms with Gasteiger partial charge in [-0.3, -0.25) is 9.59 Å². The first-order valence-electron chi connectivity index (χ1n) is 10.5. The maximum Gasteiger partial charge on any atom is 0.253 e. The van der Waals surface area contributed by atoms with Crippen molar-refractivity contribution in [1.29, 1.82) is 0 Å². The van der Waals surface area contributed by atoms with Crippen molar-refractivity contribution in [2.24, 2.45) is 5.92 Å². The molecule has 4 N–H and O–H groups in total. The van der Waals surface area contributed by atoms with Crippen LogP contribution >= 0.6 is 0 Å². The van der Waals surface area contributed by atoms with E-state index in [1.165, 1.54) is 0 Å². The van der Waals surface area contributed by atoms with Crippen molar-refractivity contribution in [3.8, 4) is 0 Å². The Balaban J connectivity index is 1.35. The molecule has 2 fully saturated rings. The summed E-state index contributed by atoms with van der Waals surface area (Å²) in [5.74, 6) is 0.119. The summed E-state index contributed by atoms with van der Waals surface area (Å²) < 4.78 is 0. The minimum absolute atomic E-state index is 0.0349. The summed E-state index contributed by atoms with van der Waals surface area (Å²) in [5, 5.41) is 12.2. The van der Waals surface area contributed by atoms with Gasteiger partial charge in [0.25, 0.3) is 5.91 Å². The SMILES string of the molecule is O=C(Nc1cccc(C(=O)N2CCC(CO)CC2)c1)C1CC(c2ccccc2)NN1. The number of aliphatic hydroxyl groups is 1. The number of hydrogen-bond donors (Lipinski definition) is 4. The Labute approximate surface area is 176 Å². The first kappa shape index (κ1) is 20.5. The number of hydrogen-bond acceptors (Lipinski definition) is 5. The molecular weight excluding hydrogens is 380 g/mol. The van der Waals surface area contributed by atoms with Crippen LogP contribution in [0.5, 0.6) is 0 Å². The number of benzene rings is 2. The highest BCUT2D eigenvalue weighted by Gasteiger charge is 2.30. The smallest absolute Gasteiger partial charge is 0.253 e. The molecule has 7 nitrogen and oxygen atoms in total. The van der Waals surface area contributed by atoms with Gasteiger partial charge in [0.05, 0.1) is 0 Å². The van der Waals surface area contributed by atoms with Crippen molar-refractivity contribution in [2.45, 2.75) is 31.3 Å². The number of carbonyl (C=O) groups excluding carboxylic acids is 2. The number of aliphatic hydroxyl groups excluding tert-OH is 1. The minimum atomic E-state index is -0.355. The summed E-state index contributed by atoms with van der Waals surface area (Å²) in [4.78, 5) is 27.3. The van der Waals surface area contributed by atoms with Crippen molar-refractivity contribution in [3.63, 3.8) is 0 Å². The molecule has 0 aromatic heterocycles. The highest BCUT2D eigenvalue weighted by molar-refractivity contribution is 5.98. The third-order valence-corrected chi connectivity index (χ3v) is 5.96. The number of nitrogens with zero attached hydrogens (tertiary/aromatic N) is 1. The van der Waals surface area contributed by atoms with Gasteiger partial charge in [0.1, 0.15) is 6.04 Å². The largest absolute Gasteiger partial charge is 0.396 e. The molecule has 2 aliphatic rings. The Morgan fingerprint density at radius 2 is 1.80 bits per heavy atom. The van der Waals surface area contributed by atoms with Crippen molar-refractivity contribution < 1.29 is 14.7 Å². The van der Waals surface area contributed by atoms with Gasteiger partial charge >= 0.3 is 0 Å². The zero-order chi connectivity index (χ0) is 20.9. The predicted octanol–water partition coefficient (Wildman–Crippen LogP) is 2.08. The summed E-state index contributed by atoms with van der Waals surface area (Å²) >= 11 is 0. The van der Waals surface area contributed by atoms with Crippen molar-refractivity contribution in [2.75, 3.05) is 25.0 Å². The van der Waals surface area contributed by atoms with E-state index >= 15 is 0 Å². The quantitative estimate of drug-likeness (QED) is 0.608. The van der Waals surface area contributed by atoms with Gasteiger partial charge in [0.15, 0.2) is 0 Å². The Morgan fingerprint density at radius 3 is 2.53 bits per heavy atom. The lowest BCUT2D eigenvalue weighted by molar-refractivity contribution is -0.117. The summed E-state index contributed by atoms with van der Waals surface area (Å²) in [6.07, 6.45) is 2.29. The zero-order valence-electron chi connectivity index (χ0n) is 16.9. The monoisotopic (exact) mass is 408 g/mol. The van der Waals surface area contributed by atoms with E-state index in [-0.39, 0.29) is 36.4 Å². The van der Waals surface area contributed by atoms with E-state index < -0.39 is 0 Å². The number of hydrazine groups is 1. The molecule has 7 heteroatoms. The van der Waals surface area contributed by atoms with E-state index in [0.29, 0.717) is 30.8 Å². The van der Waals surface area contributed by atoms with Gasteiger partial charge in [-0.15, -0.1) is 0 Å². The highest BCUT2D eigenvalue weighted by atomic mass is 16.3. The van der Waals surface area contributed by atoms with Gasteiger partial charge in [-0.1, -0.05) is 36.4 Å². The van der Waals surface area contributed by atoms with Crippen molar-refractivity contribution in [1.82, 2.24) is 15.8 Å². The number of anilines is 1. The normalized spacial score (nSPS) is 22.1. The van der Waals surface area contributed by atoms with E-state index in [9.17, 15) is 14.7 Å². The summed E-state index contributed by atoms with van der Waals surface area (Å²) in [6, 6.07) is 16.8. The molecule has 2 atom stereocenters. The third-order valence-electron chi connectivity index (χ3n) is 5.96. The molecule has 2 amide bonds. The minimum Gasteiger partial charge on any atom is -0.396 e. The lowest BCUT2D eigenvalue weighted by Gasteiger charge is -2.31. The molecule has 0 radical (unpaired) electrons. The molecule has 30 heavy (non-hydrogen) atoms. The molecule has 0 saturated carbocycles. The molecule has 0 aliphatic carbocycles. The van der Waals surface area contributed by atoms with Crippen LogP contribution in [0.2, 0.25) is 0 Å². The second-order valence-corrected chi connectivity index (χ2v) is 8.03. The lowest BCUT2D eigenvalue weighted by Crippen LogP contribution is -2.40. The highest BCUT2D eigenvalue weighted by Crippen LogP contribution is 2.23. The van der Waals surface area contributed by atoms with Crippen molar-refractivity contribution >= 4 is 17.5 Å². The summed E-state index contributed by atoms with van der Waals surface area (Å²) in [5.41, 5.74) is 8.56. The fraction of sp³-hybridized carbons (Fsp3) is 0.391. The van der Waals surface area contributed by atoms with Crippen LogP contribution in [-0.2, 0) is 4.79 Å². The average Bonchev–Trinajstić information content (AvgIpc) is 3.30. The van der Waals surface area contributed by atoms with Gasteiger partial charge in [-0.2, -0.15) is 0 Å². The number of piperidine rings is 1. The fourth-order valence-corrected chi connectivity index (χ4v) is 4.09. The molecule has 2 heterocycles. The number of rotatable bonds is 5. The van der Waals surface area contributed by atoms with E-state index in [0.717, 1.165) is 18.4 Å². The standard InChI is InChI=1S/C23H28N4O3/c28-15-16-9-11-27(12-10-16)23(30)18-7-4-8-19(13-18)24-22(29)21-14-20(25-26-21)17-5-2-1-3-6-17/h1-8,13,16,20-21,25-26,28H,9-12,14-15H2,(H,24,29). The molecule has 4 rings (SSSR count). The molecule has 0 spiro atoms. The van der Waals surface area contributed by atoms with E-state index in [1.54, 1.807) is 24.3 Å². The molecule has 2 unspecified atom stereocenters.